The molecular weight excluding hydrogens is 332 g/mol. The Bertz CT molecular complexity index is 855. The Morgan fingerprint density at radius 3 is 2.77 bits per heavy atom. The van der Waals surface area contributed by atoms with Crippen molar-refractivity contribution < 1.29 is 9.32 Å². The maximum Gasteiger partial charge on any atom is 0.272 e. The second-order valence-electron chi connectivity index (χ2n) is 6.42. The molecular formula is C18H22N6O2. The minimum atomic E-state index is -0.157. The maximum atomic E-state index is 12.8. The Labute approximate surface area is 151 Å². The minimum Gasteiger partial charge on any atom is -0.339 e. The Morgan fingerprint density at radius 1 is 1.31 bits per heavy atom. The second-order valence-corrected chi connectivity index (χ2v) is 6.42. The van der Waals surface area contributed by atoms with Gasteiger partial charge in [0.1, 0.15) is 5.69 Å². The number of amides is 1. The molecule has 0 saturated carbocycles. The first-order valence-corrected chi connectivity index (χ1v) is 8.63. The Morgan fingerprint density at radius 2 is 2.08 bits per heavy atom. The van der Waals surface area contributed by atoms with Crippen LogP contribution in [0.1, 0.15) is 43.0 Å². The molecule has 0 radical (unpaired) electrons. The van der Waals surface area contributed by atoms with E-state index in [9.17, 15) is 4.79 Å². The van der Waals surface area contributed by atoms with Crippen LogP contribution in [0.25, 0.3) is 11.3 Å². The summed E-state index contributed by atoms with van der Waals surface area (Å²) in [5, 5.41) is 11.0. The van der Waals surface area contributed by atoms with Gasteiger partial charge in [0.05, 0.1) is 12.2 Å². The molecule has 0 spiro atoms. The Hall–Kier alpha value is -3.03. The maximum absolute atomic E-state index is 12.8. The number of aromatic nitrogens is 5. The van der Waals surface area contributed by atoms with Gasteiger partial charge in [-0.1, -0.05) is 19.0 Å². The van der Waals surface area contributed by atoms with Gasteiger partial charge < -0.3 is 9.42 Å². The number of rotatable bonds is 7. The van der Waals surface area contributed by atoms with Crippen LogP contribution in [0, 0.1) is 5.92 Å². The molecule has 1 N–H and O–H groups in total. The highest BCUT2D eigenvalue weighted by Gasteiger charge is 2.20. The van der Waals surface area contributed by atoms with Gasteiger partial charge in [-0.05, 0) is 31.0 Å². The van der Waals surface area contributed by atoms with E-state index in [4.69, 9.17) is 4.52 Å². The monoisotopic (exact) mass is 354 g/mol. The van der Waals surface area contributed by atoms with Gasteiger partial charge in [-0.25, -0.2) is 0 Å². The number of carbonyl (C=O) groups is 1. The second kappa shape index (κ2) is 7.90. The molecule has 3 rings (SSSR count). The normalized spacial score (nSPS) is 11.1. The predicted octanol–water partition coefficient (Wildman–Crippen LogP) is 2.72. The molecule has 0 bridgehead atoms. The van der Waals surface area contributed by atoms with Crippen molar-refractivity contribution in [2.24, 2.45) is 5.92 Å². The highest BCUT2D eigenvalue weighted by Crippen LogP contribution is 2.17. The van der Waals surface area contributed by atoms with Gasteiger partial charge in [0.25, 0.3) is 5.91 Å². The molecule has 3 aromatic rings. The van der Waals surface area contributed by atoms with Crippen LogP contribution in [-0.4, -0.2) is 42.7 Å². The highest BCUT2D eigenvalue weighted by atomic mass is 16.5. The van der Waals surface area contributed by atoms with Crippen molar-refractivity contribution >= 4 is 5.91 Å². The molecule has 0 unspecified atom stereocenters. The zero-order valence-electron chi connectivity index (χ0n) is 15.1. The number of nitrogens with one attached hydrogen (secondary N) is 1. The third-order valence-electron chi connectivity index (χ3n) is 3.88. The molecule has 0 fully saturated rings. The van der Waals surface area contributed by atoms with Crippen LogP contribution in [0.5, 0.6) is 0 Å². The summed E-state index contributed by atoms with van der Waals surface area (Å²) in [6.07, 6.45) is 4.10. The summed E-state index contributed by atoms with van der Waals surface area (Å²) < 4.78 is 5.24. The van der Waals surface area contributed by atoms with E-state index in [0.717, 1.165) is 12.0 Å². The molecule has 136 valence electrons. The van der Waals surface area contributed by atoms with Crippen LogP contribution in [0.3, 0.4) is 0 Å². The Kier molecular flexibility index (Phi) is 5.40. The summed E-state index contributed by atoms with van der Waals surface area (Å²) in [5.41, 5.74) is 2.02. The van der Waals surface area contributed by atoms with E-state index in [1.54, 1.807) is 23.4 Å². The molecule has 0 saturated heterocycles. The zero-order chi connectivity index (χ0) is 18.5. The summed E-state index contributed by atoms with van der Waals surface area (Å²) in [6.45, 7) is 6.90. The summed E-state index contributed by atoms with van der Waals surface area (Å²) >= 11 is 0. The zero-order valence-corrected chi connectivity index (χ0v) is 15.1. The third kappa shape index (κ3) is 4.14. The number of nitrogens with zero attached hydrogens (tertiary/aromatic N) is 5. The minimum absolute atomic E-state index is 0.157. The van der Waals surface area contributed by atoms with E-state index < -0.39 is 0 Å². The lowest BCUT2D eigenvalue weighted by atomic mass is 10.1. The largest absolute Gasteiger partial charge is 0.339 e. The van der Waals surface area contributed by atoms with E-state index in [1.807, 2.05) is 19.1 Å². The van der Waals surface area contributed by atoms with E-state index in [2.05, 4.69) is 39.2 Å². The van der Waals surface area contributed by atoms with E-state index in [1.165, 1.54) is 0 Å². The van der Waals surface area contributed by atoms with Crippen LogP contribution in [0.4, 0.5) is 0 Å². The van der Waals surface area contributed by atoms with Crippen LogP contribution >= 0.6 is 0 Å². The molecule has 26 heavy (non-hydrogen) atoms. The third-order valence-corrected chi connectivity index (χ3v) is 3.88. The Balaban J connectivity index is 1.71. The van der Waals surface area contributed by atoms with Crippen LogP contribution in [0.15, 0.2) is 35.1 Å². The molecule has 3 heterocycles. The van der Waals surface area contributed by atoms with Gasteiger partial charge in [-0.2, -0.15) is 10.1 Å². The fourth-order valence-electron chi connectivity index (χ4n) is 2.56. The number of hydrogen-bond acceptors (Lipinski definition) is 6. The van der Waals surface area contributed by atoms with Gasteiger partial charge in [0, 0.05) is 30.9 Å². The lowest BCUT2D eigenvalue weighted by Gasteiger charge is -2.17. The fourth-order valence-corrected chi connectivity index (χ4v) is 2.56. The van der Waals surface area contributed by atoms with Crippen molar-refractivity contribution in [3.63, 3.8) is 0 Å². The first-order chi connectivity index (χ1) is 12.6. The molecule has 3 aromatic heterocycles. The van der Waals surface area contributed by atoms with Crippen molar-refractivity contribution in [2.75, 3.05) is 6.54 Å². The molecule has 8 heteroatoms. The average Bonchev–Trinajstić information content (AvgIpc) is 3.29. The molecule has 0 atom stereocenters. The number of pyridine rings is 1. The number of carbonyl (C=O) groups excluding carboxylic acids is 1. The van der Waals surface area contributed by atoms with Gasteiger partial charge >= 0.3 is 0 Å². The van der Waals surface area contributed by atoms with Gasteiger partial charge in [-0.3, -0.25) is 14.9 Å². The van der Waals surface area contributed by atoms with E-state index >= 15 is 0 Å². The van der Waals surface area contributed by atoms with Crippen molar-refractivity contribution in [3.8, 4) is 11.3 Å². The summed E-state index contributed by atoms with van der Waals surface area (Å²) in [4.78, 5) is 22.8. The van der Waals surface area contributed by atoms with Crippen molar-refractivity contribution in [1.82, 2.24) is 30.2 Å². The van der Waals surface area contributed by atoms with Crippen LogP contribution < -0.4 is 0 Å². The van der Waals surface area contributed by atoms with Crippen LogP contribution in [-0.2, 0) is 13.0 Å². The van der Waals surface area contributed by atoms with E-state index in [0.29, 0.717) is 42.1 Å². The van der Waals surface area contributed by atoms with Crippen molar-refractivity contribution in [2.45, 2.75) is 33.7 Å². The molecule has 0 aliphatic heterocycles. The summed E-state index contributed by atoms with van der Waals surface area (Å²) in [5.74, 6) is 1.38. The lowest BCUT2D eigenvalue weighted by Crippen LogP contribution is -2.31. The fraction of sp³-hybridized carbons (Fsp3) is 0.389. The standard InChI is InChI=1S/C18H22N6O2/c1-4-24(11-16-20-17(26-23-16)9-12(2)3)18(25)15-10-14(21-22-15)13-5-7-19-8-6-13/h5-8,10,12H,4,9,11H2,1-3H3,(H,21,22). The van der Waals surface area contributed by atoms with Gasteiger partial charge in [0.2, 0.25) is 5.89 Å². The topological polar surface area (TPSA) is 101 Å². The number of H-pyrrole nitrogens is 1. The molecule has 0 aliphatic carbocycles. The number of hydrogen-bond donors (Lipinski definition) is 1. The molecule has 1 amide bonds. The first-order valence-electron chi connectivity index (χ1n) is 8.63. The van der Waals surface area contributed by atoms with E-state index in [-0.39, 0.29) is 5.91 Å². The van der Waals surface area contributed by atoms with Gasteiger partial charge in [0.15, 0.2) is 5.82 Å². The van der Waals surface area contributed by atoms with Crippen molar-refractivity contribution in [3.05, 3.63) is 48.0 Å². The smallest absolute Gasteiger partial charge is 0.272 e. The molecule has 0 aliphatic rings. The van der Waals surface area contributed by atoms with Gasteiger partial charge in [-0.15, -0.1) is 0 Å². The average molecular weight is 354 g/mol. The molecule has 8 nitrogen and oxygen atoms in total. The summed E-state index contributed by atoms with van der Waals surface area (Å²) in [7, 11) is 0. The highest BCUT2D eigenvalue weighted by molar-refractivity contribution is 5.93. The SMILES string of the molecule is CCN(Cc1noc(CC(C)C)n1)C(=O)c1cc(-c2ccncc2)n[nH]1. The predicted molar refractivity (Wildman–Crippen MR) is 95.1 cm³/mol. The van der Waals surface area contributed by atoms with Crippen LogP contribution in [0.2, 0.25) is 0 Å². The van der Waals surface area contributed by atoms with Crippen molar-refractivity contribution in [1.29, 1.82) is 0 Å². The lowest BCUT2D eigenvalue weighted by molar-refractivity contribution is 0.0741. The summed E-state index contributed by atoms with van der Waals surface area (Å²) in [6, 6.07) is 5.43. The quantitative estimate of drug-likeness (QED) is 0.700. The first kappa shape index (κ1) is 17.8. The number of aromatic amines is 1. The molecule has 0 aromatic carbocycles.